The minimum absolute atomic E-state index is 0.223. The predicted octanol–water partition coefficient (Wildman–Crippen LogP) is 2.01. The molecule has 0 aliphatic carbocycles. The lowest BCUT2D eigenvalue weighted by Crippen LogP contribution is -2.42. The molecule has 0 radical (unpaired) electrons. The van der Waals surface area contributed by atoms with E-state index in [2.05, 4.69) is 20.8 Å². The molecule has 0 fully saturated rings. The number of carbonyl (C=O) groups excluding carboxylic acids is 2. The largest absolute Gasteiger partial charge is 0.288 e. The summed E-state index contributed by atoms with van der Waals surface area (Å²) in [5, 5.41) is 0.942. The number of hydrazine groups is 1. The number of fused-ring (bicyclic) bond motifs is 1. The Labute approximate surface area is 132 Å². The second-order valence-electron chi connectivity index (χ2n) is 4.96. The van der Waals surface area contributed by atoms with Gasteiger partial charge in [-0.15, -0.1) is 0 Å². The Morgan fingerprint density at radius 3 is 2.22 bits per heavy atom. The van der Waals surface area contributed by atoms with E-state index in [4.69, 9.17) is 0 Å². The highest BCUT2D eigenvalue weighted by molar-refractivity contribution is 5.98. The van der Waals surface area contributed by atoms with Crippen molar-refractivity contribution < 1.29 is 9.59 Å². The molecule has 3 rings (SSSR count). The molecule has 0 saturated carbocycles. The molecule has 0 unspecified atom stereocenters. The Hall–Kier alpha value is -3.28. The van der Waals surface area contributed by atoms with E-state index in [9.17, 15) is 9.59 Å². The van der Waals surface area contributed by atoms with Crippen LogP contribution in [0.5, 0.6) is 0 Å². The molecule has 2 heterocycles. The highest BCUT2D eigenvalue weighted by Crippen LogP contribution is 2.11. The van der Waals surface area contributed by atoms with Gasteiger partial charge in [-0.2, -0.15) is 0 Å². The summed E-state index contributed by atoms with van der Waals surface area (Å²) in [6.07, 6.45) is 0. The van der Waals surface area contributed by atoms with Gasteiger partial charge in [-0.3, -0.25) is 20.4 Å². The molecule has 0 aliphatic rings. The Morgan fingerprint density at radius 1 is 0.783 bits per heavy atom. The number of rotatable bonds is 2. The van der Waals surface area contributed by atoms with E-state index in [0.717, 1.165) is 11.1 Å². The van der Waals surface area contributed by atoms with Crippen molar-refractivity contribution in [2.75, 3.05) is 0 Å². The molecule has 0 saturated heterocycles. The SMILES string of the molecule is Cc1cccc(C(=O)NNC(=O)c2ccc3ccccc3n2)n1. The number of carbonyl (C=O) groups is 2. The molecule has 3 aromatic rings. The van der Waals surface area contributed by atoms with Gasteiger partial charge in [0.05, 0.1) is 5.52 Å². The Bertz CT molecular complexity index is 892. The van der Waals surface area contributed by atoms with Crippen LogP contribution in [0.1, 0.15) is 26.7 Å². The van der Waals surface area contributed by atoms with E-state index in [1.807, 2.05) is 24.3 Å². The average molecular weight is 306 g/mol. The van der Waals surface area contributed by atoms with Crippen molar-refractivity contribution in [1.29, 1.82) is 0 Å². The third-order valence-corrected chi connectivity index (χ3v) is 3.24. The van der Waals surface area contributed by atoms with E-state index < -0.39 is 11.8 Å². The summed E-state index contributed by atoms with van der Waals surface area (Å²) in [5.41, 5.74) is 6.57. The summed E-state index contributed by atoms with van der Waals surface area (Å²) >= 11 is 0. The quantitative estimate of drug-likeness (QED) is 0.709. The molecule has 2 N–H and O–H groups in total. The lowest BCUT2D eigenvalue weighted by atomic mass is 10.2. The Balaban J connectivity index is 1.69. The fourth-order valence-electron chi connectivity index (χ4n) is 2.10. The monoisotopic (exact) mass is 306 g/mol. The average Bonchev–Trinajstić information content (AvgIpc) is 2.59. The van der Waals surface area contributed by atoms with Crippen LogP contribution in [-0.2, 0) is 0 Å². The van der Waals surface area contributed by atoms with E-state index in [1.54, 1.807) is 37.3 Å². The fourth-order valence-corrected chi connectivity index (χ4v) is 2.10. The third-order valence-electron chi connectivity index (χ3n) is 3.24. The lowest BCUT2D eigenvalue weighted by Gasteiger charge is -2.07. The zero-order valence-electron chi connectivity index (χ0n) is 12.4. The first-order chi connectivity index (χ1) is 11.1. The van der Waals surface area contributed by atoms with Gasteiger partial charge in [0.15, 0.2) is 0 Å². The minimum Gasteiger partial charge on any atom is -0.266 e. The van der Waals surface area contributed by atoms with Crippen LogP contribution in [0.15, 0.2) is 54.6 Å². The minimum atomic E-state index is -0.489. The van der Waals surface area contributed by atoms with E-state index in [1.165, 1.54) is 0 Å². The topological polar surface area (TPSA) is 84.0 Å². The van der Waals surface area contributed by atoms with Gasteiger partial charge in [0.2, 0.25) is 0 Å². The highest BCUT2D eigenvalue weighted by Gasteiger charge is 2.11. The van der Waals surface area contributed by atoms with Crippen molar-refractivity contribution in [3.63, 3.8) is 0 Å². The van der Waals surface area contributed by atoms with Crippen LogP contribution >= 0.6 is 0 Å². The van der Waals surface area contributed by atoms with Crippen molar-refractivity contribution in [3.05, 3.63) is 71.7 Å². The van der Waals surface area contributed by atoms with Crippen LogP contribution in [0.25, 0.3) is 10.9 Å². The maximum Gasteiger partial charge on any atom is 0.288 e. The number of hydrogen-bond acceptors (Lipinski definition) is 4. The van der Waals surface area contributed by atoms with Crippen LogP contribution in [0.3, 0.4) is 0 Å². The van der Waals surface area contributed by atoms with Gasteiger partial charge in [0.1, 0.15) is 11.4 Å². The number of pyridine rings is 2. The molecule has 23 heavy (non-hydrogen) atoms. The number of nitrogens with zero attached hydrogens (tertiary/aromatic N) is 2. The molecule has 6 nitrogen and oxygen atoms in total. The van der Waals surface area contributed by atoms with Crippen molar-refractivity contribution in [2.45, 2.75) is 6.92 Å². The van der Waals surface area contributed by atoms with Gasteiger partial charge >= 0.3 is 0 Å². The molecule has 1 aromatic carbocycles. The summed E-state index contributed by atoms with van der Waals surface area (Å²) < 4.78 is 0. The maximum absolute atomic E-state index is 12.1. The van der Waals surface area contributed by atoms with Crippen LogP contribution in [0.2, 0.25) is 0 Å². The number of amides is 2. The molecule has 0 bridgehead atoms. The molecule has 114 valence electrons. The summed E-state index contributed by atoms with van der Waals surface area (Å²) in [6.45, 7) is 1.79. The van der Waals surface area contributed by atoms with Gasteiger partial charge in [-0.05, 0) is 31.2 Å². The van der Waals surface area contributed by atoms with Crippen LogP contribution in [-0.4, -0.2) is 21.8 Å². The molecule has 0 spiro atoms. The predicted molar refractivity (Wildman–Crippen MR) is 85.6 cm³/mol. The second-order valence-corrected chi connectivity index (χ2v) is 4.96. The highest BCUT2D eigenvalue weighted by atomic mass is 16.2. The number of hydrogen-bond donors (Lipinski definition) is 2. The summed E-state index contributed by atoms with van der Waals surface area (Å²) in [4.78, 5) is 32.4. The van der Waals surface area contributed by atoms with Crippen molar-refractivity contribution in [3.8, 4) is 0 Å². The number of nitrogens with one attached hydrogen (secondary N) is 2. The Morgan fingerprint density at radius 2 is 1.48 bits per heavy atom. The van der Waals surface area contributed by atoms with Crippen LogP contribution in [0.4, 0.5) is 0 Å². The van der Waals surface area contributed by atoms with Gasteiger partial charge in [0, 0.05) is 11.1 Å². The van der Waals surface area contributed by atoms with Gasteiger partial charge in [-0.1, -0.05) is 30.3 Å². The van der Waals surface area contributed by atoms with Gasteiger partial charge < -0.3 is 0 Å². The van der Waals surface area contributed by atoms with Crippen LogP contribution in [0, 0.1) is 6.92 Å². The lowest BCUT2D eigenvalue weighted by molar-refractivity contribution is 0.0841. The summed E-state index contributed by atoms with van der Waals surface area (Å²) in [6, 6.07) is 16.0. The molecule has 0 atom stereocenters. The van der Waals surface area contributed by atoms with E-state index in [-0.39, 0.29) is 11.4 Å². The van der Waals surface area contributed by atoms with Gasteiger partial charge in [0.25, 0.3) is 11.8 Å². The molecular formula is C17H14N4O2. The smallest absolute Gasteiger partial charge is 0.266 e. The Kier molecular flexibility index (Phi) is 3.97. The van der Waals surface area contributed by atoms with Crippen molar-refractivity contribution in [2.24, 2.45) is 0 Å². The first kappa shape index (κ1) is 14.6. The van der Waals surface area contributed by atoms with Gasteiger partial charge in [-0.25, -0.2) is 9.97 Å². The van der Waals surface area contributed by atoms with Crippen LogP contribution < -0.4 is 10.9 Å². The first-order valence-corrected chi connectivity index (χ1v) is 7.03. The maximum atomic E-state index is 12.1. The number of aromatic nitrogens is 2. The number of para-hydroxylation sites is 1. The summed E-state index contributed by atoms with van der Waals surface area (Å²) in [7, 11) is 0. The fraction of sp³-hybridized carbons (Fsp3) is 0.0588. The van der Waals surface area contributed by atoms with E-state index in [0.29, 0.717) is 5.52 Å². The first-order valence-electron chi connectivity index (χ1n) is 7.03. The number of benzene rings is 1. The molecule has 2 amide bonds. The van der Waals surface area contributed by atoms with E-state index >= 15 is 0 Å². The summed E-state index contributed by atoms with van der Waals surface area (Å²) in [5.74, 6) is -0.973. The molecule has 6 heteroatoms. The number of aryl methyl sites for hydroxylation is 1. The molecular weight excluding hydrogens is 292 g/mol. The van der Waals surface area contributed by atoms with Crippen molar-refractivity contribution >= 4 is 22.7 Å². The van der Waals surface area contributed by atoms with Crippen molar-refractivity contribution in [1.82, 2.24) is 20.8 Å². The molecule has 0 aliphatic heterocycles. The second kappa shape index (κ2) is 6.23. The zero-order valence-corrected chi connectivity index (χ0v) is 12.4. The zero-order chi connectivity index (χ0) is 16.2. The third kappa shape index (κ3) is 3.32. The normalized spacial score (nSPS) is 10.3. The molecule has 2 aromatic heterocycles. The standard InChI is InChI=1S/C17H14N4O2/c1-11-5-4-8-14(18-11)16(22)20-21-17(23)15-10-9-12-6-2-3-7-13(12)19-15/h2-10H,1H3,(H,20,22)(H,21,23).